The van der Waals surface area contributed by atoms with Crippen molar-refractivity contribution in [2.24, 2.45) is 5.92 Å². The van der Waals surface area contributed by atoms with Crippen LogP contribution < -0.4 is 5.32 Å². The summed E-state index contributed by atoms with van der Waals surface area (Å²) in [4.78, 5) is 36.8. The van der Waals surface area contributed by atoms with Gasteiger partial charge in [0.25, 0.3) is 0 Å². The smallest absolute Gasteiger partial charge is 0.320 e. The second kappa shape index (κ2) is 4.60. The molecule has 0 spiro atoms. The molecule has 2 heterocycles. The van der Waals surface area contributed by atoms with Gasteiger partial charge in [-0.2, -0.15) is 0 Å². The molecule has 2 rings (SSSR count). The summed E-state index contributed by atoms with van der Waals surface area (Å²) in [5.74, 6) is -1.49. The zero-order valence-corrected chi connectivity index (χ0v) is 9.39. The van der Waals surface area contributed by atoms with E-state index in [1.165, 1.54) is 9.80 Å². The van der Waals surface area contributed by atoms with Gasteiger partial charge in [0.2, 0.25) is 5.91 Å². The third kappa shape index (κ3) is 2.48. The topological polar surface area (TPSA) is 90.0 Å². The van der Waals surface area contributed by atoms with Crippen molar-refractivity contribution >= 4 is 17.9 Å². The van der Waals surface area contributed by atoms with Crippen molar-refractivity contribution in [3.05, 3.63) is 0 Å². The molecule has 0 aliphatic carbocycles. The molecule has 0 aromatic rings. The lowest BCUT2D eigenvalue weighted by Crippen LogP contribution is -2.57. The highest BCUT2D eigenvalue weighted by Crippen LogP contribution is 2.18. The van der Waals surface area contributed by atoms with Crippen molar-refractivity contribution in [3.63, 3.8) is 0 Å². The van der Waals surface area contributed by atoms with Crippen molar-refractivity contribution in [2.75, 3.05) is 32.7 Å². The molecule has 2 aliphatic heterocycles. The Morgan fingerprint density at radius 3 is 2.65 bits per heavy atom. The Bertz CT molecular complexity index is 351. The zero-order chi connectivity index (χ0) is 12.4. The van der Waals surface area contributed by atoms with Gasteiger partial charge in [0.15, 0.2) is 0 Å². The summed E-state index contributed by atoms with van der Waals surface area (Å²) in [7, 11) is 0. The van der Waals surface area contributed by atoms with Crippen molar-refractivity contribution in [1.29, 1.82) is 0 Å². The average molecular weight is 241 g/mol. The summed E-state index contributed by atoms with van der Waals surface area (Å²) in [6, 6.07) is -0.237. The number of aliphatic carboxylic acids is 1. The maximum absolute atomic E-state index is 11.9. The van der Waals surface area contributed by atoms with E-state index in [1.807, 2.05) is 0 Å². The number of hydrogen-bond donors (Lipinski definition) is 2. The number of carbonyl (C=O) groups excluding carboxylic acids is 2. The highest BCUT2D eigenvalue weighted by molar-refractivity contribution is 5.85. The Morgan fingerprint density at radius 2 is 2.00 bits per heavy atom. The number of likely N-dealkylation sites (tertiary alicyclic amines) is 1. The van der Waals surface area contributed by atoms with Crippen molar-refractivity contribution in [2.45, 2.75) is 6.42 Å². The Morgan fingerprint density at radius 1 is 1.29 bits per heavy atom. The van der Waals surface area contributed by atoms with Gasteiger partial charge >= 0.3 is 12.0 Å². The minimum Gasteiger partial charge on any atom is -0.481 e. The molecule has 7 heteroatoms. The van der Waals surface area contributed by atoms with Gasteiger partial charge in [-0.05, 0) is 6.42 Å². The van der Waals surface area contributed by atoms with E-state index in [2.05, 4.69) is 5.32 Å². The van der Waals surface area contributed by atoms with Crippen LogP contribution in [-0.2, 0) is 9.59 Å². The molecule has 2 saturated heterocycles. The lowest BCUT2D eigenvalue weighted by Gasteiger charge is -2.39. The van der Waals surface area contributed by atoms with Crippen molar-refractivity contribution in [3.8, 4) is 0 Å². The Balaban J connectivity index is 1.88. The predicted molar refractivity (Wildman–Crippen MR) is 57.3 cm³/mol. The van der Waals surface area contributed by atoms with Crippen LogP contribution in [0.4, 0.5) is 4.79 Å². The molecule has 0 saturated carbocycles. The number of carboxylic acids is 1. The molecule has 2 aliphatic rings. The molecule has 94 valence electrons. The normalized spacial score (nSPS) is 21.5. The fourth-order valence-corrected chi connectivity index (χ4v) is 1.96. The second-order valence-corrected chi connectivity index (χ2v) is 4.35. The molecular weight excluding hydrogens is 226 g/mol. The standard InChI is InChI=1S/C10H15N3O4/c14-8-6-12(3-1-2-11-8)10(17)13-4-7(5-13)9(15)16/h7H,1-6H2,(H,11,14)(H,15,16). The van der Waals surface area contributed by atoms with Crippen LogP contribution in [-0.4, -0.2) is 65.5 Å². The van der Waals surface area contributed by atoms with E-state index in [0.717, 1.165) is 6.42 Å². The van der Waals surface area contributed by atoms with Gasteiger partial charge < -0.3 is 20.2 Å². The van der Waals surface area contributed by atoms with Gasteiger partial charge in [-0.1, -0.05) is 0 Å². The van der Waals surface area contributed by atoms with Gasteiger partial charge in [-0.25, -0.2) is 4.79 Å². The Labute approximate surface area is 98.4 Å². The van der Waals surface area contributed by atoms with Crippen molar-refractivity contribution in [1.82, 2.24) is 15.1 Å². The minimum absolute atomic E-state index is 0.0626. The van der Waals surface area contributed by atoms with Crippen LogP contribution in [0.1, 0.15) is 6.42 Å². The number of carboxylic acid groups (broad SMARTS) is 1. The summed E-state index contributed by atoms with van der Waals surface area (Å²) in [5, 5.41) is 11.4. The molecule has 2 fully saturated rings. The van der Waals surface area contributed by atoms with Crippen LogP contribution in [0.2, 0.25) is 0 Å². The lowest BCUT2D eigenvalue weighted by atomic mass is 10.0. The fourth-order valence-electron chi connectivity index (χ4n) is 1.96. The van der Waals surface area contributed by atoms with E-state index < -0.39 is 11.9 Å². The van der Waals surface area contributed by atoms with Gasteiger partial charge in [0.05, 0.1) is 5.92 Å². The van der Waals surface area contributed by atoms with E-state index in [9.17, 15) is 14.4 Å². The first-order valence-electron chi connectivity index (χ1n) is 5.61. The Kier molecular flexibility index (Phi) is 3.16. The van der Waals surface area contributed by atoms with Gasteiger partial charge in [-0.3, -0.25) is 9.59 Å². The maximum Gasteiger partial charge on any atom is 0.320 e. The van der Waals surface area contributed by atoms with Gasteiger partial charge in [-0.15, -0.1) is 0 Å². The van der Waals surface area contributed by atoms with Crippen LogP contribution in [0.5, 0.6) is 0 Å². The average Bonchev–Trinajstić information content (AvgIpc) is 2.39. The number of rotatable bonds is 1. The summed E-state index contributed by atoms with van der Waals surface area (Å²) < 4.78 is 0. The molecule has 7 nitrogen and oxygen atoms in total. The third-order valence-corrected chi connectivity index (χ3v) is 3.03. The minimum atomic E-state index is -0.873. The van der Waals surface area contributed by atoms with Crippen LogP contribution in [0.25, 0.3) is 0 Å². The molecular formula is C10H15N3O4. The van der Waals surface area contributed by atoms with Crippen LogP contribution in [0.3, 0.4) is 0 Å². The molecule has 3 amide bonds. The molecule has 2 N–H and O–H groups in total. The summed E-state index contributed by atoms with van der Waals surface area (Å²) in [5.41, 5.74) is 0. The molecule has 0 aromatic heterocycles. The van der Waals surface area contributed by atoms with Crippen molar-refractivity contribution < 1.29 is 19.5 Å². The molecule has 0 bridgehead atoms. The van der Waals surface area contributed by atoms with Crippen LogP contribution in [0.15, 0.2) is 0 Å². The van der Waals surface area contributed by atoms with E-state index in [0.29, 0.717) is 13.1 Å². The van der Waals surface area contributed by atoms with E-state index in [1.54, 1.807) is 0 Å². The first-order chi connectivity index (χ1) is 8.08. The monoisotopic (exact) mass is 241 g/mol. The predicted octanol–water partition coefficient (Wildman–Crippen LogP) is -1.06. The highest BCUT2D eigenvalue weighted by atomic mass is 16.4. The number of nitrogens with one attached hydrogen (secondary N) is 1. The lowest BCUT2D eigenvalue weighted by molar-refractivity contribution is -0.146. The van der Waals surface area contributed by atoms with E-state index in [4.69, 9.17) is 5.11 Å². The number of hydrogen-bond acceptors (Lipinski definition) is 3. The number of amides is 3. The highest BCUT2D eigenvalue weighted by Gasteiger charge is 2.38. The van der Waals surface area contributed by atoms with E-state index in [-0.39, 0.29) is 31.6 Å². The summed E-state index contributed by atoms with van der Waals surface area (Å²) >= 11 is 0. The van der Waals surface area contributed by atoms with Gasteiger partial charge in [0, 0.05) is 26.2 Å². The number of carbonyl (C=O) groups is 3. The molecule has 0 aromatic carbocycles. The number of nitrogens with zero attached hydrogens (tertiary/aromatic N) is 2. The summed E-state index contributed by atoms with van der Waals surface area (Å²) in [6.07, 6.45) is 0.730. The SMILES string of the molecule is O=C1CN(C(=O)N2CC(C(=O)O)C2)CCCN1. The van der Waals surface area contributed by atoms with Crippen LogP contribution >= 0.6 is 0 Å². The van der Waals surface area contributed by atoms with Crippen LogP contribution in [0, 0.1) is 5.92 Å². The zero-order valence-electron chi connectivity index (χ0n) is 9.39. The first-order valence-corrected chi connectivity index (χ1v) is 5.61. The molecule has 0 radical (unpaired) electrons. The summed E-state index contributed by atoms with van der Waals surface area (Å²) in [6.45, 7) is 1.66. The fraction of sp³-hybridized carbons (Fsp3) is 0.700. The molecule has 0 atom stereocenters. The third-order valence-electron chi connectivity index (χ3n) is 3.03. The van der Waals surface area contributed by atoms with Gasteiger partial charge in [0.1, 0.15) is 6.54 Å². The Hall–Kier alpha value is -1.79. The number of urea groups is 1. The second-order valence-electron chi connectivity index (χ2n) is 4.35. The largest absolute Gasteiger partial charge is 0.481 e. The quantitative estimate of drug-likeness (QED) is 0.612. The molecule has 0 unspecified atom stereocenters. The van der Waals surface area contributed by atoms with E-state index >= 15 is 0 Å². The first kappa shape index (κ1) is 11.7. The molecule has 17 heavy (non-hydrogen) atoms. The maximum atomic E-state index is 11.9.